The zero-order chi connectivity index (χ0) is 13.1. The first kappa shape index (κ1) is 13.8. The molecule has 1 aliphatic carbocycles. The van der Waals surface area contributed by atoms with Crippen molar-refractivity contribution in [1.82, 2.24) is 10.2 Å². The maximum atomic E-state index is 12.2. The van der Waals surface area contributed by atoms with E-state index in [0.29, 0.717) is 25.2 Å². The van der Waals surface area contributed by atoms with Crippen molar-refractivity contribution in [2.24, 2.45) is 5.92 Å². The van der Waals surface area contributed by atoms with E-state index in [-0.39, 0.29) is 18.1 Å². The molecular weight excluding hydrogens is 228 g/mol. The molecule has 0 aromatic carbocycles. The summed E-state index contributed by atoms with van der Waals surface area (Å²) >= 11 is 0. The third-order valence-electron chi connectivity index (χ3n) is 4.09. The van der Waals surface area contributed by atoms with Crippen LogP contribution in [-0.4, -0.2) is 42.3 Å². The monoisotopic (exact) mass is 254 g/mol. The molecule has 2 unspecified atom stereocenters. The van der Waals surface area contributed by atoms with Crippen LogP contribution in [-0.2, 0) is 9.53 Å². The third-order valence-corrected chi connectivity index (χ3v) is 4.09. The van der Waals surface area contributed by atoms with Gasteiger partial charge in [-0.1, -0.05) is 26.7 Å². The van der Waals surface area contributed by atoms with Gasteiger partial charge in [-0.2, -0.15) is 0 Å². The summed E-state index contributed by atoms with van der Waals surface area (Å²) in [5.74, 6) is 0.577. The molecule has 104 valence electrons. The highest BCUT2D eigenvalue weighted by Gasteiger charge is 2.37. The van der Waals surface area contributed by atoms with E-state index in [2.05, 4.69) is 26.1 Å². The Morgan fingerprint density at radius 2 is 2.06 bits per heavy atom. The third kappa shape index (κ3) is 3.04. The molecule has 1 aliphatic heterocycles. The molecule has 0 bridgehead atoms. The van der Waals surface area contributed by atoms with E-state index in [0.717, 1.165) is 0 Å². The number of hydrogen-bond donors (Lipinski definition) is 1. The molecule has 2 aliphatic rings. The van der Waals surface area contributed by atoms with E-state index < -0.39 is 0 Å². The van der Waals surface area contributed by atoms with Gasteiger partial charge in [0.05, 0.1) is 24.9 Å². The van der Waals surface area contributed by atoms with E-state index in [9.17, 15) is 4.79 Å². The lowest BCUT2D eigenvalue weighted by molar-refractivity contribution is -0.131. The van der Waals surface area contributed by atoms with Crippen LogP contribution in [0, 0.1) is 5.92 Å². The Hall–Kier alpha value is -0.610. The van der Waals surface area contributed by atoms with E-state index in [4.69, 9.17) is 4.74 Å². The Labute approximate surface area is 110 Å². The van der Waals surface area contributed by atoms with Gasteiger partial charge >= 0.3 is 0 Å². The molecule has 1 amide bonds. The standard InChI is InChI=1S/C14H26N2O2/c1-10(2)13-14(17)16(11(3)15-13)8-9-18-12-6-4-5-7-12/h10-13,15H,4-9H2,1-3H3. The molecule has 1 saturated carbocycles. The summed E-state index contributed by atoms with van der Waals surface area (Å²) in [7, 11) is 0. The Morgan fingerprint density at radius 1 is 1.39 bits per heavy atom. The molecule has 4 heteroatoms. The molecule has 0 spiro atoms. The number of rotatable bonds is 5. The van der Waals surface area contributed by atoms with Gasteiger partial charge in [0.25, 0.3) is 0 Å². The molecule has 2 rings (SSSR count). The first-order chi connectivity index (χ1) is 8.59. The summed E-state index contributed by atoms with van der Waals surface area (Å²) in [5, 5.41) is 3.35. The lowest BCUT2D eigenvalue weighted by atomic mass is 10.1. The minimum Gasteiger partial charge on any atom is -0.376 e. The number of carbonyl (C=O) groups excluding carboxylic acids is 1. The quantitative estimate of drug-likeness (QED) is 0.812. The van der Waals surface area contributed by atoms with Crippen molar-refractivity contribution in [3.05, 3.63) is 0 Å². The van der Waals surface area contributed by atoms with E-state index in [1.54, 1.807) is 0 Å². The predicted octanol–water partition coefficient (Wildman–Crippen LogP) is 1.75. The molecule has 0 aromatic heterocycles. The number of nitrogens with one attached hydrogen (secondary N) is 1. The number of ether oxygens (including phenoxy) is 1. The fourth-order valence-electron chi connectivity index (χ4n) is 2.94. The first-order valence-electron chi connectivity index (χ1n) is 7.27. The zero-order valence-corrected chi connectivity index (χ0v) is 11.8. The Balaban J connectivity index is 1.76. The molecule has 4 nitrogen and oxygen atoms in total. The molecule has 2 atom stereocenters. The van der Waals surface area contributed by atoms with Gasteiger partial charge in [0.1, 0.15) is 0 Å². The van der Waals surface area contributed by atoms with Gasteiger partial charge in [0.15, 0.2) is 0 Å². The van der Waals surface area contributed by atoms with Crippen LogP contribution in [0.25, 0.3) is 0 Å². The summed E-state index contributed by atoms with van der Waals surface area (Å²) in [6.07, 6.45) is 5.54. The van der Waals surface area contributed by atoms with Crippen molar-refractivity contribution >= 4 is 5.91 Å². The predicted molar refractivity (Wildman–Crippen MR) is 71.1 cm³/mol. The van der Waals surface area contributed by atoms with E-state index >= 15 is 0 Å². The maximum absolute atomic E-state index is 12.2. The minimum atomic E-state index is -0.0218. The normalized spacial score (nSPS) is 29.8. The van der Waals surface area contributed by atoms with Gasteiger partial charge in [-0.15, -0.1) is 0 Å². The molecular formula is C14H26N2O2. The van der Waals surface area contributed by atoms with Gasteiger partial charge in [0.2, 0.25) is 5.91 Å². The number of nitrogens with zero attached hydrogens (tertiary/aromatic N) is 1. The topological polar surface area (TPSA) is 41.6 Å². The summed E-state index contributed by atoms with van der Waals surface area (Å²) in [5.41, 5.74) is 0. The van der Waals surface area contributed by atoms with E-state index in [1.807, 2.05) is 4.90 Å². The summed E-state index contributed by atoms with van der Waals surface area (Å²) in [6.45, 7) is 7.61. The Kier molecular flexibility index (Phi) is 4.62. The van der Waals surface area contributed by atoms with Crippen molar-refractivity contribution in [3.8, 4) is 0 Å². The summed E-state index contributed by atoms with van der Waals surface area (Å²) < 4.78 is 5.84. The largest absolute Gasteiger partial charge is 0.376 e. The highest BCUT2D eigenvalue weighted by Crippen LogP contribution is 2.21. The molecule has 18 heavy (non-hydrogen) atoms. The molecule has 1 saturated heterocycles. The molecule has 0 radical (unpaired) electrons. The fraction of sp³-hybridized carbons (Fsp3) is 0.929. The Bertz CT molecular complexity index is 288. The SMILES string of the molecule is CC(C)C1NC(C)N(CCOC2CCCC2)C1=O. The van der Waals surface area contributed by atoms with Gasteiger partial charge in [-0.25, -0.2) is 0 Å². The van der Waals surface area contributed by atoms with Crippen LogP contribution in [0.15, 0.2) is 0 Å². The highest BCUT2D eigenvalue weighted by molar-refractivity contribution is 5.84. The average Bonchev–Trinajstić information content (AvgIpc) is 2.91. The maximum Gasteiger partial charge on any atom is 0.241 e. The fourth-order valence-corrected chi connectivity index (χ4v) is 2.94. The number of carbonyl (C=O) groups is 1. The molecule has 2 fully saturated rings. The average molecular weight is 254 g/mol. The minimum absolute atomic E-state index is 0.0218. The number of hydrogen-bond acceptors (Lipinski definition) is 3. The first-order valence-corrected chi connectivity index (χ1v) is 7.27. The van der Waals surface area contributed by atoms with Crippen molar-refractivity contribution in [1.29, 1.82) is 0 Å². The number of amides is 1. The molecule has 0 aromatic rings. The van der Waals surface area contributed by atoms with Crippen LogP contribution in [0.1, 0.15) is 46.5 Å². The van der Waals surface area contributed by atoms with Gasteiger partial charge in [0, 0.05) is 6.54 Å². The second-order valence-corrected chi connectivity index (χ2v) is 5.87. The lowest BCUT2D eigenvalue weighted by Crippen LogP contribution is -2.37. The van der Waals surface area contributed by atoms with Crippen LogP contribution < -0.4 is 5.32 Å². The second-order valence-electron chi connectivity index (χ2n) is 5.87. The lowest BCUT2D eigenvalue weighted by Gasteiger charge is -2.22. The molecule has 1 heterocycles. The van der Waals surface area contributed by atoms with Gasteiger partial charge in [-0.05, 0) is 25.7 Å². The van der Waals surface area contributed by atoms with Crippen molar-refractivity contribution < 1.29 is 9.53 Å². The highest BCUT2D eigenvalue weighted by atomic mass is 16.5. The van der Waals surface area contributed by atoms with Crippen LogP contribution >= 0.6 is 0 Å². The smallest absolute Gasteiger partial charge is 0.241 e. The van der Waals surface area contributed by atoms with Crippen molar-refractivity contribution in [2.45, 2.75) is 64.8 Å². The van der Waals surface area contributed by atoms with Crippen LogP contribution in [0.4, 0.5) is 0 Å². The zero-order valence-electron chi connectivity index (χ0n) is 11.8. The van der Waals surface area contributed by atoms with Crippen molar-refractivity contribution in [2.75, 3.05) is 13.2 Å². The van der Waals surface area contributed by atoms with Crippen molar-refractivity contribution in [3.63, 3.8) is 0 Å². The summed E-state index contributed by atoms with van der Waals surface area (Å²) in [6, 6.07) is -0.0218. The van der Waals surface area contributed by atoms with Crippen LogP contribution in [0.2, 0.25) is 0 Å². The summed E-state index contributed by atoms with van der Waals surface area (Å²) in [4.78, 5) is 14.1. The molecule has 1 N–H and O–H groups in total. The van der Waals surface area contributed by atoms with E-state index in [1.165, 1.54) is 25.7 Å². The second kappa shape index (κ2) is 6.02. The van der Waals surface area contributed by atoms with Gasteiger partial charge < -0.3 is 9.64 Å². The Morgan fingerprint density at radius 3 is 2.61 bits per heavy atom. The van der Waals surface area contributed by atoms with Crippen LogP contribution in [0.5, 0.6) is 0 Å². The van der Waals surface area contributed by atoms with Gasteiger partial charge in [-0.3, -0.25) is 10.1 Å². The van der Waals surface area contributed by atoms with Crippen LogP contribution in [0.3, 0.4) is 0 Å².